The summed E-state index contributed by atoms with van der Waals surface area (Å²) in [6.45, 7) is 2.25. The predicted octanol–water partition coefficient (Wildman–Crippen LogP) is 3.62. The van der Waals surface area contributed by atoms with E-state index in [2.05, 4.69) is 16.0 Å². The van der Waals surface area contributed by atoms with Crippen LogP contribution in [0.3, 0.4) is 0 Å². The van der Waals surface area contributed by atoms with Crippen molar-refractivity contribution < 1.29 is 23.5 Å². The predicted molar refractivity (Wildman–Crippen MR) is 121 cm³/mol. The van der Waals surface area contributed by atoms with Crippen molar-refractivity contribution in [2.24, 2.45) is 0 Å². The Labute approximate surface area is 188 Å². The molecule has 32 heavy (non-hydrogen) atoms. The van der Waals surface area contributed by atoms with Crippen LogP contribution in [0.4, 0.5) is 9.39 Å². The number of halogens is 1. The molecule has 0 radical (unpaired) electrons. The van der Waals surface area contributed by atoms with Gasteiger partial charge in [0.25, 0.3) is 17.7 Å². The van der Waals surface area contributed by atoms with Crippen LogP contribution >= 0.6 is 11.3 Å². The lowest BCUT2D eigenvalue weighted by Gasteiger charge is -2.07. The summed E-state index contributed by atoms with van der Waals surface area (Å²) in [6, 6.07) is 13.7. The van der Waals surface area contributed by atoms with E-state index in [0.717, 1.165) is 17.4 Å². The molecule has 1 heterocycles. The number of thiophene rings is 1. The van der Waals surface area contributed by atoms with Crippen molar-refractivity contribution >= 4 is 34.1 Å². The first kappa shape index (κ1) is 23.0. The molecule has 0 bridgehead atoms. The van der Waals surface area contributed by atoms with Crippen molar-refractivity contribution in [3.63, 3.8) is 0 Å². The molecule has 7 nitrogen and oxygen atoms in total. The summed E-state index contributed by atoms with van der Waals surface area (Å²) in [5.41, 5.74) is 1.38. The minimum absolute atomic E-state index is 0.189. The van der Waals surface area contributed by atoms with Gasteiger partial charge in [0.15, 0.2) is 0 Å². The second-order valence-electron chi connectivity index (χ2n) is 6.83. The number of methoxy groups -OCH3 is 1. The van der Waals surface area contributed by atoms with Gasteiger partial charge in [-0.05, 0) is 61.0 Å². The topological polar surface area (TPSA) is 96.5 Å². The lowest BCUT2D eigenvalue weighted by molar-refractivity contribution is 0.0929. The number of amides is 3. The zero-order valence-corrected chi connectivity index (χ0v) is 18.3. The number of hydrogen-bond acceptors (Lipinski definition) is 5. The number of benzene rings is 2. The maximum Gasteiger partial charge on any atom is 0.261 e. The molecule has 166 valence electrons. The molecular formula is C23H22FN3O4S. The second kappa shape index (κ2) is 10.5. The van der Waals surface area contributed by atoms with Crippen molar-refractivity contribution in [2.45, 2.75) is 6.92 Å². The van der Waals surface area contributed by atoms with Crippen molar-refractivity contribution in [2.75, 3.05) is 25.5 Å². The van der Waals surface area contributed by atoms with Gasteiger partial charge in [0.05, 0.1) is 17.0 Å². The van der Waals surface area contributed by atoms with Crippen LogP contribution in [0.15, 0.2) is 54.6 Å². The molecule has 0 saturated carbocycles. The van der Waals surface area contributed by atoms with Gasteiger partial charge in [-0.25, -0.2) is 4.39 Å². The SMILES string of the molecule is COc1ccc(C(=O)NCCNC(=O)c2sc(NC(=O)c3cccc(F)c3)cc2C)cc1. The standard InChI is InChI=1S/C23H22FN3O4S/c1-14-12-19(27-22(29)16-4-3-5-17(24)13-16)32-20(14)23(30)26-11-10-25-21(28)15-6-8-18(31-2)9-7-15/h3-9,12-13H,10-11H2,1-2H3,(H,25,28)(H,26,30)(H,27,29). The average molecular weight is 456 g/mol. The quantitative estimate of drug-likeness (QED) is 0.452. The van der Waals surface area contributed by atoms with Crippen molar-refractivity contribution in [1.29, 1.82) is 0 Å². The summed E-state index contributed by atoms with van der Waals surface area (Å²) in [6.07, 6.45) is 0. The van der Waals surface area contributed by atoms with Gasteiger partial charge in [0.2, 0.25) is 0 Å². The van der Waals surface area contributed by atoms with Crippen LogP contribution in [-0.2, 0) is 0 Å². The number of hydrogen-bond donors (Lipinski definition) is 3. The fraction of sp³-hybridized carbons (Fsp3) is 0.174. The molecule has 0 atom stereocenters. The number of carbonyl (C=O) groups excluding carboxylic acids is 3. The summed E-state index contributed by atoms with van der Waals surface area (Å²) in [4.78, 5) is 37.3. The average Bonchev–Trinajstić information content (AvgIpc) is 3.16. The third kappa shape index (κ3) is 5.92. The van der Waals surface area contributed by atoms with Gasteiger partial charge < -0.3 is 20.7 Å². The first-order valence-electron chi connectivity index (χ1n) is 9.75. The van der Waals surface area contributed by atoms with Crippen molar-refractivity contribution in [3.8, 4) is 5.75 Å². The van der Waals surface area contributed by atoms with Gasteiger partial charge in [0, 0.05) is 24.2 Å². The van der Waals surface area contributed by atoms with E-state index in [1.54, 1.807) is 44.4 Å². The molecule has 2 aromatic carbocycles. The Morgan fingerprint density at radius 2 is 1.59 bits per heavy atom. The third-order valence-electron chi connectivity index (χ3n) is 4.50. The van der Waals surface area contributed by atoms with Crippen LogP contribution in [0, 0.1) is 12.7 Å². The molecule has 3 rings (SSSR count). The monoisotopic (exact) mass is 455 g/mol. The first-order chi connectivity index (χ1) is 15.4. The Balaban J connectivity index is 1.49. The van der Waals surface area contributed by atoms with Crippen LogP contribution < -0.4 is 20.7 Å². The Morgan fingerprint density at radius 1 is 0.906 bits per heavy atom. The highest BCUT2D eigenvalue weighted by Gasteiger charge is 2.16. The van der Waals surface area contributed by atoms with E-state index in [0.29, 0.717) is 26.8 Å². The number of ether oxygens (including phenoxy) is 1. The molecule has 0 aliphatic rings. The van der Waals surface area contributed by atoms with Crippen molar-refractivity contribution in [3.05, 3.63) is 82.0 Å². The van der Waals surface area contributed by atoms with Crippen LogP contribution in [0.25, 0.3) is 0 Å². The third-order valence-corrected chi connectivity index (χ3v) is 5.65. The highest BCUT2D eigenvalue weighted by Crippen LogP contribution is 2.27. The molecule has 1 aromatic heterocycles. The molecule has 0 unspecified atom stereocenters. The normalized spacial score (nSPS) is 10.3. The van der Waals surface area contributed by atoms with E-state index in [9.17, 15) is 18.8 Å². The van der Waals surface area contributed by atoms with E-state index in [1.807, 2.05) is 0 Å². The van der Waals surface area contributed by atoms with Gasteiger partial charge in [-0.3, -0.25) is 14.4 Å². The number of aryl methyl sites for hydroxylation is 1. The molecule has 3 N–H and O–H groups in total. The van der Waals surface area contributed by atoms with Crippen LogP contribution in [-0.4, -0.2) is 37.9 Å². The smallest absolute Gasteiger partial charge is 0.261 e. The molecule has 0 aliphatic carbocycles. The maximum absolute atomic E-state index is 13.3. The van der Waals surface area contributed by atoms with Gasteiger partial charge >= 0.3 is 0 Å². The summed E-state index contributed by atoms with van der Waals surface area (Å²) in [7, 11) is 1.55. The molecule has 3 amide bonds. The molecule has 0 saturated heterocycles. The minimum Gasteiger partial charge on any atom is -0.497 e. The summed E-state index contributed by atoms with van der Waals surface area (Å²) >= 11 is 1.12. The van der Waals surface area contributed by atoms with E-state index in [4.69, 9.17) is 4.74 Å². The van der Waals surface area contributed by atoms with Gasteiger partial charge in [-0.2, -0.15) is 0 Å². The fourth-order valence-electron chi connectivity index (χ4n) is 2.86. The van der Waals surface area contributed by atoms with Crippen LogP contribution in [0.1, 0.15) is 36.0 Å². The van der Waals surface area contributed by atoms with E-state index < -0.39 is 11.7 Å². The van der Waals surface area contributed by atoms with Gasteiger partial charge in [-0.15, -0.1) is 11.3 Å². The Bertz CT molecular complexity index is 1130. The zero-order chi connectivity index (χ0) is 23.1. The molecule has 0 fully saturated rings. The van der Waals surface area contributed by atoms with Gasteiger partial charge in [-0.1, -0.05) is 6.07 Å². The highest BCUT2D eigenvalue weighted by molar-refractivity contribution is 7.18. The van der Waals surface area contributed by atoms with E-state index in [1.165, 1.54) is 18.2 Å². The van der Waals surface area contributed by atoms with Crippen LogP contribution in [0.5, 0.6) is 5.75 Å². The van der Waals surface area contributed by atoms with Crippen molar-refractivity contribution in [1.82, 2.24) is 10.6 Å². The zero-order valence-electron chi connectivity index (χ0n) is 17.5. The van der Waals surface area contributed by atoms with Gasteiger partial charge in [0.1, 0.15) is 11.6 Å². The second-order valence-corrected chi connectivity index (χ2v) is 7.88. The first-order valence-corrected chi connectivity index (χ1v) is 10.6. The molecule has 0 spiro atoms. The number of nitrogens with one attached hydrogen (secondary N) is 3. The lowest BCUT2D eigenvalue weighted by Crippen LogP contribution is -2.34. The Kier molecular flexibility index (Phi) is 7.56. The molecule has 9 heteroatoms. The number of anilines is 1. The van der Waals surface area contributed by atoms with Crippen LogP contribution in [0.2, 0.25) is 0 Å². The minimum atomic E-state index is -0.501. The molecular weight excluding hydrogens is 433 g/mol. The number of rotatable bonds is 8. The Hall–Kier alpha value is -3.72. The molecule has 0 aliphatic heterocycles. The Morgan fingerprint density at radius 3 is 2.25 bits per heavy atom. The summed E-state index contributed by atoms with van der Waals surface area (Å²) in [5.74, 6) is -0.862. The molecule has 3 aromatic rings. The fourth-order valence-corrected chi connectivity index (χ4v) is 3.84. The largest absolute Gasteiger partial charge is 0.497 e. The summed E-state index contributed by atoms with van der Waals surface area (Å²) < 4.78 is 18.4. The summed E-state index contributed by atoms with van der Waals surface area (Å²) in [5, 5.41) is 8.64. The lowest BCUT2D eigenvalue weighted by atomic mass is 10.2. The maximum atomic E-state index is 13.3. The van der Waals surface area contributed by atoms with E-state index >= 15 is 0 Å². The number of carbonyl (C=O) groups is 3. The highest BCUT2D eigenvalue weighted by atomic mass is 32.1. The van der Waals surface area contributed by atoms with E-state index in [-0.39, 0.29) is 30.5 Å².